The zero-order valence-corrected chi connectivity index (χ0v) is 9.08. The van der Waals surface area contributed by atoms with Crippen LogP contribution in [0.15, 0.2) is 18.2 Å². The number of nitrogens with two attached hydrogens (primary N) is 1. The summed E-state index contributed by atoms with van der Waals surface area (Å²) in [5, 5.41) is 8.16. The lowest BCUT2D eigenvalue weighted by Gasteiger charge is -2.00. The van der Waals surface area contributed by atoms with E-state index in [4.69, 9.17) is 5.84 Å². The van der Waals surface area contributed by atoms with Crippen LogP contribution in [0.2, 0.25) is 0 Å². The maximum Gasteiger partial charge on any atom is 0.265 e. The minimum atomic E-state index is -0.287. The standard InChI is InChI=1S/C11H14N4O/c1-2-3-9-8-6-7(11(16)13-12)4-5-10(8)15-14-9/h4-6H,2-3,12H2,1H3,(H,13,16)(H,14,15). The van der Waals surface area contributed by atoms with Crippen LogP contribution in [-0.2, 0) is 6.42 Å². The number of carbonyl (C=O) groups is 1. The van der Waals surface area contributed by atoms with Crippen molar-refractivity contribution in [2.75, 3.05) is 0 Å². The Morgan fingerprint density at radius 1 is 1.56 bits per heavy atom. The highest BCUT2D eigenvalue weighted by molar-refractivity contribution is 5.98. The van der Waals surface area contributed by atoms with Crippen LogP contribution in [0.5, 0.6) is 0 Å². The van der Waals surface area contributed by atoms with Gasteiger partial charge in [0.1, 0.15) is 0 Å². The molecule has 4 N–H and O–H groups in total. The molecule has 1 heterocycles. The first-order valence-electron chi connectivity index (χ1n) is 5.24. The molecule has 0 radical (unpaired) electrons. The fraction of sp³-hybridized carbons (Fsp3) is 0.273. The molecule has 0 unspecified atom stereocenters. The van der Waals surface area contributed by atoms with Gasteiger partial charge in [0.05, 0.1) is 11.2 Å². The molecule has 84 valence electrons. The van der Waals surface area contributed by atoms with E-state index in [0.29, 0.717) is 5.56 Å². The van der Waals surface area contributed by atoms with Gasteiger partial charge >= 0.3 is 0 Å². The lowest BCUT2D eigenvalue weighted by atomic mass is 10.1. The predicted molar refractivity (Wildman–Crippen MR) is 61.7 cm³/mol. The fourth-order valence-electron chi connectivity index (χ4n) is 1.72. The third-order valence-corrected chi connectivity index (χ3v) is 2.52. The van der Waals surface area contributed by atoms with Crippen LogP contribution in [0.4, 0.5) is 0 Å². The van der Waals surface area contributed by atoms with Gasteiger partial charge in [0, 0.05) is 10.9 Å². The average Bonchev–Trinajstić information content (AvgIpc) is 2.71. The molecule has 0 atom stereocenters. The van der Waals surface area contributed by atoms with Crippen LogP contribution >= 0.6 is 0 Å². The Kier molecular flexibility index (Phi) is 2.87. The van der Waals surface area contributed by atoms with Crippen molar-refractivity contribution < 1.29 is 4.79 Å². The zero-order chi connectivity index (χ0) is 11.5. The second-order valence-electron chi connectivity index (χ2n) is 3.65. The van der Waals surface area contributed by atoms with Crippen molar-refractivity contribution in [3.8, 4) is 0 Å². The van der Waals surface area contributed by atoms with Crippen molar-refractivity contribution >= 4 is 16.8 Å². The number of aryl methyl sites for hydroxylation is 1. The van der Waals surface area contributed by atoms with Gasteiger partial charge in [0.25, 0.3) is 5.91 Å². The van der Waals surface area contributed by atoms with E-state index in [-0.39, 0.29) is 5.91 Å². The summed E-state index contributed by atoms with van der Waals surface area (Å²) in [6, 6.07) is 5.37. The van der Waals surface area contributed by atoms with E-state index in [9.17, 15) is 4.79 Å². The first-order valence-corrected chi connectivity index (χ1v) is 5.24. The molecule has 2 rings (SSSR count). The molecule has 0 aliphatic heterocycles. The SMILES string of the molecule is CCCc1n[nH]c2ccc(C(=O)NN)cc12. The molecule has 5 nitrogen and oxygen atoms in total. The van der Waals surface area contributed by atoms with Crippen LogP contribution in [-0.4, -0.2) is 16.1 Å². The Morgan fingerprint density at radius 2 is 2.38 bits per heavy atom. The molecule has 0 bridgehead atoms. The van der Waals surface area contributed by atoms with Crippen LogP contribution in [0.1, 0.15) is 29.4 Å². The van der Waals surface area contributed by atoms with Crippen LogP contribution < -0.4 is 11.3 Å². The van der Waals surface area contributed by atoms with E-state index in [0.717, 1.165) is 29.4 Å². The number of hydrogen-bond donors (Lipinski definition) is 3. The monoisotopic (exact) mass is 218 g/mol. The topological polar surface area (TPSA) is 83.8 Å². The number of aromatic amines is 1. The third kappa shape index (κ3) is 1.77. The van der Waals surface area contributed by atoms with Gasteiger partial charge in [-0.2, -0.15) is 5.10 Å². The van der Waals surface area contributed by atoms with Crippen molar-refractivity contribution in [2.45, 2.75) is 19.8 Å². The molecule has 0 aliphatic carbocycles. The van der Waals surface area contributed by atoms with Gasteiger partial charge in [-0.15, -0.1) is 0 Å². The number of aromatic nitrogens is 2. The number of amides is 1. The first-order chi connectivity index (χ1) is 7.76. The number of nitrogens with zero attached hydrogens (tertiary/aromatic N) is 1. The summed E-state index contributed by atoms with van der Waals surface area (Å²) in [5.74, 6) is 4.81. The number of nitrogen functional groups attached to an aromatic ring is 1. The van der Waals surface area contributed by atoms with E-state index in [2.05, 4.69) is 22.5 Å². The summed E-state index contributed by atoms with van der Waals surface area (Å²) >= 11 is 0. The van der Waals surface area contributed by atoms with Gasteiger partial charge in [0.15, 0.2) is 0 Å². The van der Waals surface area contributed by atoms with E-state index >= 15 is 0 Å². The summed E-state index contributed by atoms with van der Waals surface area (Å²) < 4.78 is 0. The Bertz CT molecular complexity index is 518. The van der Waals surface area contributed by atoms with Crippen molar-refractivity contribution in [3.05, 3.63) is 29.5 Å². The largest absolute Gasteiger partial charge is 0.290 e. The summed E-state index contributed by atoms with van der Waals surface area (Å²) in [6.45, 7) is 2.09. The lowest BCUT2D eigenvalue weighted by Crippen LogP contribution is -2.29. The average molecular weight is 218 g/mol. The number of H-pyrrole nitrogens is 1. The Morgan fingerprint density at radius 3 is 3.06 bits per heavy atom. The molecule has 0 saturated carbocycles. The molecule has 1 aromatic carbocycles. The highest BCUT2D eigenvalue weighted by Crippen LogP contribution is 2.18. The second-order valence-corrected chi connectivity index (χ2v) is 3.65. The number of hydrogen-bond acceptors (Lipinski definition) is 3. The molecule has 0 aliphatic rings. The molecule has 0 saturated heterocycles. The molecule has 16 heavy (non-hydrogen) atoms. The van der Waals surface area contributed by atoms with E-state index in [1.807, 2.05) is 12.1 Å². The van der Waals surface area contributed by atoms with Crippen LogP contribution in [0.3, 0.4) is 0 Å². The van der Waals surface area contributed by atoms with Gasteiger partial charge < -0.3 is 0 Å². The Balaban J connectivity index is 2.49. The van der Waals surface area contributed by atoms with Crippen molar-refractivity contribution in [2.24, 2.45) is 5.84 Å². The number of nitrogens with one attached hydrogen (secondary N) is 2. The highest BCUT2D eigenvalue weighted by atomic mass is 16.2. The first kappa shape index (κ1) is 10.6. The van der Waals surface area contributed by atoms with Crippen molar-refractivity contribution in [1.82, 2.24) is 15.6 Å². The van der Waals surface area contributed by atoms with Gasteiger partial charge in [-0.05, 0) is 24.6 Å². The predicted octanol–water partition coefficient (Wildman–Crippen LogP) is 1.12. The number of carbonyl (C=O) groups excluding carboxylic acids is 1. The molecule has 1 amide bonds. The van der Waals surface area contributed by atoms with Gasteiger partial charge in [-0.1, -0.05) is 13.3 Å². The number of fused-ring (bicyclic) bond motifs is 1. The van der Waals surface area contributed by atoms with Crippen LogP contribution in [0.25, 0.3) is 10.9 Å². The smallest absolute Gasteiger partial charge is 0.265 e. The van der Waals surface area contributed by atoms with E-state index in [1.54, 1.807) is 6.07 Å². The molecule has 0 spiro atoms. The molecular formula is C11H14N4O. The minimum Gasteiger partial charge on any atom is -0.290 e. The molecular weight excluding hydrogens is 204 g/mol. The van der Waals surface area contributed by atoms with E-state index < -0.39 is 0 Å². The molecule has 0 fully saturated rings. The van der Waals surface area contributed by atoms with Crippen molar-refractivity contribution in [1.29, 1.82) is 0 Å². The minimum absolute atomic E-state index is 0.287. The van der Waals surface area contributed by atoms with Gasteiger partial charge in [0.2, 0.25) is 0 Å². The van der Waals surface area contributed by atoms with E-state index in [1.165, 1.54) is 0 Å². The fourth-order valence-corrected chi connectivity index (χ4v) is 1.72. The van der Waals surface area contributed by atoms with Gasteiger partial charge in [-0.3, -0.25) is 15.3 Å². The summed E-state index contributed by atoms with van der Waals surface area (Å²) in [7, 11) is 0. The number of rotatable bonds is 3. The number of benzene rings is 1. The van der Waals surface area contributed by atoms with Crippen molar-refractivity contribution in [3.63, 3.8) is 0 Å². The third-order valence-electron chi connectivity index (χ3n) is 2.52. The Labute approximate surface area is 93.0 Å². The number of hydrazine groups is 1. The summed E-state index contributed by atoms with van der Waals surface area (Å²) in [6.07, 6.45) is 1.92. The second kappa shape index (κ2) is 4.32. The Hall–Kier alpha value is -1.88. The quantitative estimate of drug-likeness (QED) is 0.410. The zero-order valence-electron chi connectivity index (χ0n) is 9.08. The summed E-state index contributed by atoms with van der Waals surface area (Å²) in [4.78, 5) is 11.4. The lowest BCUT2D eigenvalue weighted by molar-refractivity contribution is 0.0954. The normalized spacial score (nSPS) is 10.6. The van der Waals surface area contributed by atoms with Gasteiger partial charge in [-0.25, -0.2) is 5.84 Å². The molecule has 1 aromatic heterocycles. The van der Waals surface area contributed by atoms with Crippen LogP contribution in [0, 0.1) is 0 Å². The maximum absolute atomic E-state index is 11.4. The summed E-state index contributed by atoms with van der Waals surface area (Å²) in [5.41, 5.74) is 4.60. The molecule has 2 aromatic rings. The molecule has 5 heteroatoms. The maximum atomic E-state index is 11.4. The highest BCUT2D eigenvalue weighted by Gasteiger charge is 2.09.